The molecule has 1 aromatic carbocycles. The number of pyridine rings is 1. The molecule has 1 fully saturated rings. The lowest BCUT2D eigenvalue weighted by atomic mass is 9.91. The number of nitrogens with one attached hydrogen (secondary N) is 3. The van der Waals surface area contributed by atoms with Crippen LogP contribution in [0.3, 0.4) is 0 Å². The molecule has 38 heavy (non-hydrogen) atoms. The molecule has 0 aliphatic carbocycles. The molecule has 0 radical (unpaired) electrons. The van der Waals surface area contributed by atoms with Gasteiger partial charge in [0, 0.05) is 37.0 Å². The van der Waals surface area contributed by atoms with E-state index in [1.807, 2.05) is 0 Å². The third-order valence-corrected chi connectivity index (χ3v) is 6.58. The molecule has 4 rings (SSSR count). The van der Waals surface area contributed by atoms with Gasteiger partial charge >= 0.3 is 6.18 Å². The summed E-state index contributed by atoms with van der Waals surface area (Å²) in [5.74, 6) is -1.35. The molecular weight excluding hydrogens is 528 g/mol. The summed E-state index contributed by atoms with van der Waals surface area (Å²) < 4.78 is 54.0. The molecule has 198 valence electrons. The van der Waals surface area contributed by atoms with E-state index in [4.69, 9.17) is 17.0 Å². The van der Waals surface area contributed by atoms with Gasteiger partial charge in [-0.05, 0) is 37.1 Å². The van der Waals surface area contributed by atoms with Crippen molar-refractivity contribution in [2.75, 3.05) is 13.6 Å². The lowest BCUT2D eigenvalue weighted by molar-refractivity contribution is -0.141. The molecular formula is C25H21ClF4N6O2. The quantitative estimate of drug-likeness (QED) is 0.415. The first-order valence-electron chi connectivity index (χ1n) is 11.3. The van der Waals surface area contributed by atoms with Crippen LogP contribution in [0.25, 0.3) is 16.8 Å². The van der Waals surface area contributed by atoms with Gasteiger partial charge < -0.3 is 20.6 Å². The van der Waals surface area contributed by atoms with Gasteiger partial charge in [0.1, 0.15) is 11.5 Å². The summed E-state index contributed by atoms with van der Waals surface area (Å²) >= 11 is 6.50. The number of benzene rings is 1. The zero-order valence-corrected chi connectivity index (χ0v) is 20.8. The maximum atomic E-state index is 14.5. The van der Waals surface area contributed by atoms with E-state index in [-0.39, 0.29) is 51.8 Å². The first-order valence-corrected chi connectivity index (χ1v) is 11.7. The fourth-order valence-electron chi connectivity index (χ4n) is 4.25. The highest BCUT2D eigenvalue weighted by Crippen LogP contribution is 2.34. The van der Waals surface area contributed by atoms with Crippen LogP contribution >= 0.6 is 11.6 Å². The van der Waals surface area contributed by atoms with Gasteiger partial charge in [-0.3, -0.25) is 14.6 Å². The predicted molar refractivity (Wildman–Crippen MR) is 133 cm³/mol. The summed E-state index contributed by atoms with van der Waals surface area (Å²) in [5.41, 5.74) is -0.616. The number of carbonyl (C=O) groups excluding carboxylic acids is 1. The van der Waals surface area contributed by atoms with Crippen molar-refractivity contribution in [1.82, 2.24) is 25.2 Å². The molecule has 1 atom stereocenters. The van der Waals surface area contributed by atoms with Crippen molar-refractivity contribution < 1.29 is 22.4 Å². The van der Waals surface area contributed by atoms with E-state index in [2.05, 4.69) is 20.3 Å². The van der Waals surface area contributed by atoms with Crippen LogP contribution in [0.4, 0.5) is 17.6 Å². The number of hydrogen-bond acceptors (Lipinski definition) is 6. The van der Waals surface area contributed by atoms with Gasteiger partial charge in [0.2, 0.25) is 5.56 Å². The standard InChI is InChI=1S/C25H21ClF4N6O2/c1-12-22(31)15(23(32-2)18-10-33-11-19(35-18)25(28,29)30)5-6-36(12)24(38)17-8-14(27)7-16(21(17)26)13-3-4-20(37)34-9-13/h3-4,7-12,31-32H,5-6H2,1-2H3,(H,34,37)/b23-15-,31-22?. The van der Waals surface area contributed by atoms with Gasteiger partial charge in [-0.2, -0.15) is 13.2 Å². The van der Waals surface area contributed by atoms with Gasteiger partial charge in [0.25, 0.3) is 5.91 Å². The van der Waals surface area contributed by atoms with Crippen LogP contribution in [0.1, 0.15) is 35.1 Å². The number of H-pyrrole nitrogens is 1. The minimum Gasteiger partial charge on any atom is -0.386 e. The highest BCUT2D eigenvalue weighted by atomic mass is 35.5. The van der Waals surface area contributed by atoms with Crippen molar-refractivity contribution in [1.29, 1.82) is 5.41 Å². The minimum absolute atomic E-state index is 0.0263. The van der Waals surface area contributed by atoms with Crippen LogP contribution in [-0.2, 0) is 6.18 Å². The molecule has 1 saturated heterocycles. The van der Waals surface area contributed by atoms with Gasteiger partial charge in [-0.25, -0.2) is 9.37 Å². The summed E-state index contributed by atoms with van der Waals surface area (Å²) in [5, 5.41) is 11.5. The average Bonchev–Trinajstić information content (AvgIpc) is 2.88. The molecule has 0 spiro atoms. The summed E-state index contributed by atoms with van der Waals surface area (Å²) in [6, 6.07) is 4.02. The topological polar surface area (TPSA) is 115 Å². The Labute approximate surface area is 218 Å². The Morgan fingerprint density at radius 2 is 2.00 bits per heavy atom. The van der Waals surface area contributed by atoms with Gasteiger partial charge in [-0.15, -0.1) is 0 Å². The first kappa shape index (κ1) is 27.0. The SMILES string of the molecule is CN/C(=C1/CCN(C(=O)c2cc(F)cc(-c3ccc(=O)[nH]c3)c2Cl)C(C)C1=N)c1cncc(C(F)(F)F)n1. The number of aromatic nitrogens is 3. The van der Waals surface area contributed by atoms with Crippen LogP contribution in [0, 0.1) is 11.2 Å². The maximum absolute atomic E-state index is 14.5. The van der Waals surface area contributed by atoms with Crippen molar-refractivity contribution in [3.05, 3.63) is 86.6 Å². The molecule has 0 saturated carbocycles. The second kappa shape index (κ2) is 10.4. The zero-order chi connectivity index (χ0) is 27.8. The molecule has 3 heterocycles. The predicted octanol–water partition coefficient (Wildman–Crippen LogP) is 4.53. The smallest absolute Gasteiger partial charge is 0.386 e. The van der Waals surface area contributed by atoms with Crippen LogP contribution in [0.5, 0.6) is 0 Å². The molecule has 1 amide bonds. The number of halogens is 5. The zero-order valence-electron chi connectivity index (χ0n) is 20.1. The highest BCUT2D eigenvalue weighted by Gasteiger charge is 2.36. The number of alkyl halides is 3. The normalized spacial score (nSPS) is 17.4. The van der Waals surface area contributed by atoms with Crippen molar-refractivity contribution in [2.24, 2.45) is 0 Å². The number of rotatable bonds is 4. The van der Waals surface area contributed by atoms with Crippen molar-refractivity contribution in [3.63, 3.8) is 0 Å². The number of aromatic amines is 1. The van der Waals surface area contributed by atoms with E-state index in [1.54, 1.807) is 6.92 Å². The van der Waals surface area contributed by atoms with Crippen LogP contribution < -0.4 is 10.9 Å². The fraction of sp³-hybridized carbons (Fsp3) is 0.240. The number of amides is 1. The van der Waals surface area contributed by atoms with Crippen LogP contribution in [-0.4, -0.2) is 51.1 Å². The molecule has 1 aliphatic heterocycles. The Bertz CT molecular complexity index is 1500. The van der Waals surface area contributed by atoms with E-state index in [0.29, 0.717) is 17.3 Å². The van der Waals surface area contributed by atoms with Crippen molar-refractivity contribution >= 4 is 28.9 Å². The fourth-order valence-corrected chi connectivity index (χ4v) is 4.55. The maximum Gasteiger partial charge on any atom is 0.434 e. The van der Waals surface area contributed by atoms with Crippen molar-refractivity contribution in [3.8, 4) is 11.1 Å². The van der Waals surface area contributed by atoms with E-state index in [0.717, 1.165) is 18.3 Å². The molecule has 3 N–H and O–H groups in total. The third kappa shape index (κ3) is 5.17. The number of likely N-dealkylation sites (tertiary alicyclic amines) is 1. The Morgan fingerprint density at radius 1 is 1.26 bits per heavy atom. The number of hydrogen-bond donors (Lipinski definition) is 3. The number of piperidine rings is 1. The summed E-state index contributed by atoms with van der Waals surface area (Å²) in [4.78, 5) is 36.0. The molecule has 2 aromatic heterocycles. The monoisotopic (exact) mass is 548 g/mol. The number of carbonyl (C=O) groups is 1. The Kier molecular flexibility index (Phi) is 7.36. The minimum atomic E-state index is -4.69. The van der Waals surface area contributed by atoms with E-state index in [9.17, 15) is 27.2 Å². The first-order chi connectivity index (χ1) is 17.9. The van der Waals surface area contributed by atoms with Crippen LogP contribution in [0.2, 0.25) is 5.02 Å². The Hall–Kier alpha value is -4.06. The van der Waals surface area contributed by atoms with E-state index >= 15 is 0 Å². The summed E-state index contributed by atoms with van der Waals surface area (Å²) in [7, 11) is 1.49. The molecule has 1 aliphatic rings. The molecule has 8 nitrogen and oxygen atoms in total. The Balaban J connectivity index is 1.67. The molecule has 13 heteroatoms. The molecule has 1 unspecified atom stereocenters. The largest absolute Gasteiger partial charge is 0.434 e. The van der Waals surface area contributed by atoms with E-state index in [1.165, 1.54) is 30.3 Å². The van der Waals surface area contributed by atoms with E-state index < -0.39 is 29.6 Å². The lowest BCUT2D eigenvalue weighted by Gasteiger charge is -2.36. The van der Waals surface area contributed by atoms with Gasteiger partial charge in [-0.1, -0.05) is 11.6 Å². The van der Waals surface area contributed by atoms with Crippen LogP contribution in [0.15, 0.2) is 53.2 Å². The summed E-state index contributed by atoms with van der Waals surface area (Å²) in [6.45, 7) is 1.66. The lowest BCUT2D eigenvalue weighted by Crippen LogP contribution is -2.48. The molecule has 3 aromatic rings. The second-order valence-corrected chi connectivity index (χ2v) is 8.86. The second-order valence-electron chi connectivity index (χ2n) is 8.49. The van der Waals surface area contributed by atoms with Crippen molar-refractivity contribution in [2.45, 2.75) is 25.6 Å². The summed E-state index contributed by atoms with van der Waals surface area (Å²) in [6.07, 6.45) is -1.46. The Morgan fingerprint density at radius 3 is 2.63 bits per heavy atom. The third-order valence-electron chi connectivity index (χ3n) is 6.17. The number of nitrogens with zero attached hydrogens (tertiary/aromatic N) is 3. The average molecular weight is 549 g/mol. The highest BCUT2D eigenvalue weighted by molar-refractivity contribution is 6.36. The molecule has 0 bridgehead atoms. The van der Waals surface area contributed by atoms with Gasteiger partial charge in [0.05, 0.1) is 40.4 Å². The van der Waals surface area contributed by atoms with Gasteiger partial charge in [0.15, 0.2) is 5.69 Å².